The van der Waals surface area contributed by atoms with Crippen molar-refractivity contribution < 1.29 is 23.1 Å². The molecule has 0 heterocycles. The van der Waals surface area contributed by atoms with Crippen LogP contribution in [-0.2, 0) is 19.6 Å². The number of nitrogens with one attached hydrogen (secondary N) is 1. The number of carbonyl (C=O) groups is 2. The van der Waals surface area contributed by atoms with E-state index in [1.807, 2.05) is 0 Å². The van der Waals surface area contributed by atoms with Crippen molar-refractivity contribution in [1.29, 1.82) is 0 Å². The van der Waals surface area contributed by atoms with Crippen LogP contribution in [0.2, 0.25) is 0 Å². The second-order valence-electron chi connectivity index (χ2n) is 5.09. The largest absolute Gasteiger partial charge is 0.481 e. The van der Waals surface area contributed by atoms with E-state index in [4.69, 9.17) is 5.11 Å². The highest BCUT2D eigenvalue weighted by Crippen LogP contribution is 2.34. The third-order valence-electron chi connectivity index (χ3n) is 3.62. The minimum Gasteiger partial charge on any atom is -0.481 e. The Morgan fingerprint density at radius 1 is 1.25 bits per heavy atom. The van der Waals surface area contributed by atoms with Crippen molar-refractivity contribution in [1.82, 2.24) is 9.62 Å². The van der Waals surface area contributed by atoms with Crippen molar-refractivity contribution >= 4 is 21.9 Å². The van der Waals surface area contributed by atoms with Crippen LogP contribution >= 0.6 is 0 Å². The molecule has 2 N–H and O–H groups in total. The van der Waals surface area contributed by atoms with E-state index in [-0.39, 0.29) is 6.42 Å². The SMILES string of the molecule is CCN(CC)S(=O)(=O)CC(=O)NC1(CC(=O)O)CCC1. The first kappa shape index (κ1) is 16.9. The van der Waals surface area contributed by atoms with Crippen LogP contribution in [0, 0.1) is 0 Å². The van der Waals surface area contributed by atoms with Gasteiger partial charge >= 0.3 is 5.97 Å². The number of hydrogen-bond donors (Lipinski definition) is 2. The summed E-state index contributed by atoms with van der Waals surface area (Å²) in [6.07, 6.45) is 1.84. The highest BCUT2D eigenvalue weighted by molar-refractivity contribution is 7.89. The quantitative estimate of drug-likeness (QED) is 0.665. The lowest BCUT2D eigenvalue weighted by molar-refractivity contribution is -0.140. The molecule has 0 unspecified atom stereocenters. The molecule has 0 radical (unpaired) electrons. The Morgan fingerprint density at radius 2 is 1.80 bits per heavy atom. The smallest absolute Gasteiger partial charge is 0.305 e. The summed E-state index contributed by atoms with van der Waals surface area (Å²) in [6, 6.07) is 0. The topological polar surface area (TPSA) is 104 Å². The van der Waals surface area contributed by atoms with Gasteiger partial charge in [-0.1, -0.05) is 13.8 Å². The van der Waals surface area contributed by atoms with Crippen LogP contribution in [-0.4, -0.2) is 54.1 Å². The standard InChI is InChI=1S/C12H22N2O5S/c1-3-14(4-2)20(18,19)9-10(15)13-12(6-5-7-12)8-11(16)17/h3-9H2,1-2H3,(H,13,15)(H,16,17). The van der Waals surface area contributed by atoms with Gasteiger partial charge in [-0.25, -0.2) is 12.7 Å². The number of carbonyl (C=O) groups excluding carboxylic acids is 1. The molecule has 0 spiro atoms. The fourth-order valence-electron chi connectivity index (χ4n) is 2.44. The number of aliphatic carboxylic acids is 1. The summed E-state index contributed by atoms with van der Waals surface area (Å²) in [6.45, 7) is 4.03. The third-order valence-corrected chi connectivity index (χ3v) is 5.55. The van der Waals surface area contributed by atoms with Gasteiger partial charge in [0.25, 0.3) is 0 Å². The minimum absolute atomic E-state index is 0.163. The molecule has 1 saturated carbocycles. The van der Waals surface area contributed by atoms with Gasteiger partial charge in [0.1, 0.15) is 5.75 Å². The molecule has 1 amide bonds. The van der Waals surface area contributed by atoms with Gasteiger partial charge in [-0.3, -0.25) is 9.59 Å². The molecule has 1 aliphatic rings. The van der Waals surface area contributed by atoms with Gasteiger partial charge in [0.2, 0.25) is 15.9 Å². The number of hydrogen-bond acceptors (Lipinski definition) is 4. The predicted octanol–water partition coefficient (Wildman–Crippen LogP) is 0.172. The van der Waals surface area contributed by atoms with E-state index in [0.717, 1.165) is 6.42 Å². The molecule has 0 saturated heterocycles. The first-order valence-electron chi connectivity index (χ1n) is 6.75. The number of nitrogens with zero attached hydrogens (tertiary/aromatic N) is 1. The van der Waals surface area contributed by atoms with E-state index in [9.17, 15) is 18.0 Å². The molecule has 0 aromatic carbocycles. The number of amides is 1. The van der Waals surface area contributed by atoms with Crippen molar-refractivity contribution in [2.75, 3.05) is 18.8 Å². The molecule has 0 atom stereocenters. The summed E-state index contributed by atoms with van der Waals surface area (Å²) in [5.41, 5.74) is -0.762. The predicted molar refractivity (Wildman–Crippen MR) is 73.7 cm³/mol. The van der Waals surface area contributed by atoms with E-state index >= 15 is 0 Å². The summed E-state index contributed by atoms with van der Waals surface area (Å²) in [5.74, 6) is -2.25. The zero-order chi connectivity index (χ0) is 15.4. The highest BCUT2D eigenvalue weighted by atomic mass is 32.2. The van der Waals surface area contributed by atoms with Gasteiger partial charge in [0.05, 0.1) is 12.0 Å². The van der Waals surface area contributed by atoms with Gasteiger partial charge in [0, 0.05) is 13.1 Å². The van der Waals surface area contributed by atoms with Gasteiger partial charge in [-0.15, -0.1) is 0 Å². The van der Waals surface area contributed by atoms with Crippen LogP contribution in [0.25, 0.3) is 0 Å². The molecule has 7 nitrogen and oxygen atoms in total. The second-order valence-corrected chi connectivity index (χ2v) is 7.06. The Morgan fingerprint density at radius 3 is 2.15 bits per heavy atom. The molecule has 0 aromatic rings. The second kappa shape index (κ2) is 6.53. The maximum atomic E-state index is 12.0. The van der Waals surface area contributed by atoms with Crippen molar-refractivity contribution in [2.45, 2.75) is 45.1 Å². The van der Waals surface area contributed by atoms with Crippen molar-refractivity contribution in [3.05, 3.63) is 0 Å². The van der Waals surface area contributed by atoms with Gasteiger partial charge < -0.3 is 10.4 Å². The van der Waals surface area contributed by atoms with Crippen LogP contribution in [0.1, 0.15) is 39.5 Å². The van der Waals surface area contributed by atoms with E-state index in [0.29, 0.717) is 25.9 Å². The highest BCUT2D eigenvalue weighted by Gasteiger charge is 2.41. The molecule has 8 heteroatoms. The number of sulfonamides is 1. The van der Waals surface area contributed by atoms with Crippen molar-refractivity contribution in [2.24, 2.45) is 0 Å². The van der Waals surface area contributed by atoms with Gasteiger partial charge in [-0.2, -0.15) is 0 Å². The Hall–Kier alpha value is -1.15. The lowest BCUT2D eigenvalue weighted by Gasteiger charge is -2.41. The van der Waals surface area contributed by atoms with Crippen LogP contribution in [0.15, 0.2) is 0 Å². The summed E-state index contributed by atoms with van der Waals surface area (Å²) in [7, 11) is -3.63. The molecule has 116 valence electrons. The van der Waals surface area contributed by atoms with Crippen molar-refractivity contribution in [3.8, 4) is 0 Å². The lowest BCUT2D eigenvalue weighted by atomic mass is 9.74. The monoisotopic (exact) mass is 306 g/mol. The molecule has 1 aliphatic carbocycles. The maximum Gasteiger partial charge on any atom is 0.305 e. The molecule has 0 aromatic heterocycles. The van der Waals surface area contributed by atoms with Crippen LogP contribution < -0.4 is 5.32 Å². The van der Waals surface area contributed by atoms with Gasteiger partial charge in [-0.05, 0) is 19.3 Å². The number of rotatable bonds is 8. The van der Waals surface area contributed by atoms with E-state index < -0.39 is 33.2 Å². The maximum absolute atomic E-state index is 12.0. The van der Waals surface area contributed by atoms with E-state index in [1.54, 1.807) is 13.8 Å². The van der Waals surface area contributed by atoms with Crippen LogP contribution in [0.3, 0.4) is 0 Å². The molecule has 0 bridgehead atoms. The third kappa shape index (κ3) is 4.17. The van der Waals surface area contributed by atoms with E-state index in [1.165, 1.54) is 4.31 Å². The van der Waals surface area contributed by atoms with Crippen LogP contribution in [0.5, 0.6) is 0 Å². The first-order valence-corrected chi connectivity index (χ1v) is 8.36. The molecule has 20 heavy (non-hydrogen) atoms. The summed E-state index contributed by atoms with van der Waals surface area (Å²) >= 11 is 0. The number of carboxylic acid groups (broad SMARTS) is 1. The lowest BCUT2D eigenvalue weighted by Crippen LogP contribution is -2.56. The fourth-order valence-corrected chi connectivity index (χ4v) is 3.82. The summed E-state index contributed by atoms with van der Waals surface area (Å²) < 4.78 is 25.2. The fraction of sp³-hybridized carbons (Fsp3) is 0.833. The molecule has 0 aliphatic heterocycles. The first-order chi connectivity index (χ1) is 9.24. The zero-order valence-electron chi connectivity index (χ0n) is 11.9. The average Bonchev–Trinajstić information content (AvgIpc) is 2.25. The molecular weight excluding hydrogens is 284 g/mol. The molecule has 1 fully saturated rings. The minimum atomic E-state index is -3.63. The summed E-state index contributed by atoms with van der Waals surface area (Å²) in [4.78, 5) is 22.7. The van der Waals surface area contributed by atoms with Crippen LogP contribution in [0.4, 0.5) is 0 Å². The average molecular weight is 306 g/mol. The Bertz CT molecular complexity index is 466. The normalized spacial score (nSPS) is 17.6. The zero-order valence-corrected chi connectivity index (χ0v) is 12.7. The Balaban J connectivity index is 2.65. The van der Waals surface area contributed by atoms with Crippen molar-refractivity contribution in [3.63, 3.8) is 0 Å². The Kier molecular flexibility index (Phi) is 5.52. The van der Waals surface area contributed by atoms with E-state index in [2.05, 4.69) is 5.32 Å². The summed E-state index contributed by atoms with van der Waals surface area (Å²) in [5, 5.41) is 11.4. The number of carboxylic acids is 1. The Labute approximate surface area is 119 Å². The van der Waals surface area contributed by atoms with Gasteiger partial charge in [0.15, 0.2) is 0 Å². The molecule has 1 rings (SSSR count). The molecular formula is C12H22N2O5S.